The van der Waals surface area contributed by atoms with Gasteiger partial charge in [0.15, 0.2) is 0 Å². The second-order valence-electron chi connectivity index (χ2n) is 4.48. The van der Waals surface area contributed by atoms with Crippen LogP contribution in [0.1, 0.15) is 19.3 Å². The van der Waals surface area contributed by atoms with Crippen molar-refractivity contribution in [2.24, 2.45) is 5.92 Å². The van der Waals surface area contributed by atoms with Crippen molar-refractivity contribution in [3.05, 3.63) is 0 Å². The quantitative estimate of drug-likeness (QED) is 0.597. The Morgan fingerprint density at radius 3 is 2.65 bits per heavy atom. The van der Waals surface area contributed by atoms with Gasteiger partial charge in [-0.3, -0.25) is 19.7 Å². The third-order valence-corrected chi connectivity index (χ3v) is 3.24. The maximum absolute atomic E-state index is 11.9. The Morgan fingerprint density at radius 2 is 2.00 bits per heavy atom. The molecule has 94 valence electrons. The van der Waals surface area contributed by atoms with Gasteiger partial charge in [0.05, 0.1) is 0 Å². The van der Waals surface area contributed by atoms with Gasteiger partial charge in [-0.25, -0.2) is 0 Å². The van der Waals surface area contributed by atoms with Gasteiger partial charge in [0.25, 0.3) is 0 Å². The number of amides is 3. The van der Waals surface area contributed by atoms with Gasteiger partial charge in [0.1, 0.15) is 0 Å². The standard InChI is InChI=1S/C11H17N3O3/c15-9-2-1-8(11(17)13-9)7-10(16)14-5-3-12-4-6-14/h8,12H,1-7H2,(H,13,15,17). The Hall–Kier alpha value is -1.43. The van der Waals surface area contributed by atoms with Gasteiger partial charge < -0.3 is 10.2 Å². The highest BCUT2D eigenvalue weighted by molar-refractivity contribution is 6.00. The molecule has 6 heteroatoms. The number of piperidine rings is 1. The molecule has 0 aromatic carbocycles. The van der Waals surface area contributed by atoms with Crippen molar-refractivity contribution in [2.75, 3.05) is 26.2 Å². The molecule has 0 aromatic heterocycles. The minimum absolute atomic E-state index is 0.0148. The minimum atomic E-state index is -0.338. The lowest BCUT2D eigenvalue weighted by atomic mass is 9.94. The van der Waals surface area contributed by atoms with Crippen molar-refractivity contribution in [2.45, 2.75) is 19.3 Å². The van der Waals surface area contributed by atoms with E-state index in [2.05, 4.69) is 10.6 Å². The fourth-order valence-electron chi connectivity index (χ4n) is 2.19. The lowest BCUT2D eigenvalue weighted by Crippen LogP contribution is -2.48. The molecule has 0 aliphatic carbocycles. The van der Waals surface area contributed by atoms with E-state index in [4.69, 9.17) is 0 Å². The third-order valence-electron chi connectivity index (χ3n) is 3.24. The summed E-state index contributed by atoms with van der Waals surface area (Å²) in [6.45, 7) is 3.01. The average molecular weight is 239 g/mol. The van der Waals surface area contributed by atoms with Crippen molar-refractivity contribution < 1.29 is 14.4 Å². The van der Waals surface area contributed by atoms with Gasteiger partial charge in [0.2, 0.25) is 17.7 Å². The number of rotatable bonds is 2. The first-order chi connectivity index (χ1) is 8.16. The Labute approximate surface area is 99.7 Å². The van der Waals surface area contributed by atoms with Crippen LogP contribution in [0.4, 0.5) is 0 Å². The van der Waals surface area contributed by atoms with E-state index in [0.29, 0.717) is 25.9 Å². The van der Waals surface area contributed by atoms with Gasteiger partial charge in [-0.1, -0.05) is 0 Å². The topological polar surface area (TPSA) is 78.5 Å². The van der Waals surface area contributed by atoms with E-state index >= 15 is 0 Å². The summed E-state index contributed by atoms with van der Waals surface area (Å²) in [5.74, 6) is -0.860. The molecule has 6 nitrogen and oxygen atoms in total. The fourth-order valence-corrected chi connectivity index (χ4v) is 2.19. The van der Waals surface area contributed by atoms with Crippen LogP contribution in [0.2, 0.25) is 0 Å². The SMILES string of the molecule is O=C1CCC(CC(=O)N2CCNCC2)C(=O)N1. The van der Waals surface area contributed by atoms with E-state index in [1.54, 1.807) is 4.90 Å². The van der Waals surface area contributed by atoms with Crippen molar-refractivity contribution >= 4 is 17.7 Å². The molecular formula is C11H17N3O3. The van der Waals surface area contributed by atoms with Crippen LogP contribution >= 0.6 is 0 Å². The summed E-state index contributed by atoms with van der Waals surface area (Å²) in [7, 11) is 0. The molecule has 2 heterocycles. The number of imide groups is 1. The summed E-state index contributed by atoms with van der Waals surface area (Å²) in [4.78, 5) is 36.2. The van der Waals surface area contributed by atoms with E-state index in [1.807, 2.05) is 0 Å². The molecule has 2 rings (SSSR count). The number of nitrogens with zero attached hydrogens (tertiary/aromatic N) is 1. The minimum Gasteiger partial charge on any atom is -0.340 e. The Bertz CT molecular complexity index is 337. The average Bonchev–Trinajstić information content (AvgIpc) is 2.34. The Kier molecular flexibility index (Phi) is 3.73. The molecule has 1 atom stereocenters. The first-order valence-electron chi connectivity index (χ1n) is 5.99. The van der Waals surface area contributed by atoms with Crippen molar-refractivity contribution in [1.82, 2.24) is 15.5 Å². The van der Waals surface area contributed by atoms with Gasteiger partial charge in [0, 0.05) is 44.9 Å². The Morgan fingerprint density at radius 1 is 1.29 bits per heavy atom. The molecule has 0 aromatic rings. The zero-order valence-electron chi connectivity index (χ0n) is 9.70. The van der Waals surface area contributed by atoms with Crippen LogP contribution in [0.25, 0.3) is 0 Å². The van der Waals surface area contributed by atoms with Crippen molar-refractivity contribution in [1.29, 1.82) is 0 Å². The predicted molar refractivity (Wildman–Crippen MR) is 59.9 cm³/mol. The first kappa shape index (κ1) is 12.0. The second-order valence-corrected chi connectivity index (χ2v) is 4.48. The molecule has 2 N–H and O–H groups in total. The van der Waals surface area contributed by atoms with Crippen molar-refractivity contribution in [3.63, 3.8) is 0 Å². The van der Waals surface area contributed by atoms with Crippen molar-refractivity contribution in [3.8, 4) is 0 Å². The molecule has 17 heavy (non-hydrogen) atoms. The van der Waals surface area contributed by atoms with Gasteiger partial charge in [-0.15, -0.1) is 0 Å². The maximum Gasteiger partial charge on any atom is 0.230 e. The Balaban J connectivity index is 1.85. The summed E-state index contributed by atoms with van der Waals surface area (Å²) in [6.07, 6.45) is 1.05. The first-order valence-corrected chi connectivity index (χ1v) is 5.99. The molecule has 0 bridgehead atoms. The van der Waals surface area contributed by atoms with Crippen LogP contribution in [-0.2, 0) is 14.4 Å². The van der Waals surface area contributed by atoms with Crippen LogP contribution in [0.3, 0.4) is 0 Å². The number of carbonyl (C=O) groups excluding carboxylic acids is 3. The van der Waals surface area contributed by atoms with Gasteiger partial charge in [-0.2, -0.15) is 0 Å². The lowest BCUT2D eigenvalue weighted by molar-refractivity contribution is -0.141. The highest BCUT2D eigenvalue weighted by Crippen LogP contribution is 2.17. The van der Waals surface area contributed by atoms with Crippen LogP contribution in [-0.4, -0.2) is 48.8 Å². The molecule has 2 saturated heterocycles. The maximum atomic E-state index is 11.9. The highest BCUT2D eigenvalue weighted by atomic mass is 16.2. The zero-order chi connectivity index (χ0) is 12.3. The summed E-state index contributed by atoms with van der Waals surface area (Å²) in [5.41, 5.74) is 0. The number of nitrogens with one attached hydrogen (secondary N) is 2. The molecule has 2 aliphatic rings. The second kappa shape index (κ2) is 5.27. The highest BCUT2D eigenvalue weighted by Gasteiger charge is 2.30. The van der Waals surface area contributed by atoms with Crippen LogP contribution in [0, 0.1) is 5.92 Å². The third kappa shape index (κ3) is 3.03. The van der Waals surface area contributed by atoms with E-state index in [9.17, 15) is 14.4 Å². The number of piperazine rings is 1. The molecule has 0 spiro atoms. The number of hydrogen-bond donors (Lipinski definition) is 2. The molecular weight excluding hydrogens is 222 g/mol. The fraction of sp³-hybridized carbons (Fsp3) is 0.727. The van der Waals surface area contributed by atoms with E-state index in [0.717, 1.165) is 13.1 Å². The summed E-state index contributed by atoms with van der Waals surface area (Å²) >= 11 is 0. The van der Waals surface area contributed by atoms with Crippen LogP contribution in [0.15, 0.2) is 0 Å². The lowest BCUT2D eigenvalue weighted by Gasteiger charge is -2.29. The molecule has 3 amide bonds. The number of carbonyl (C=O) groups is 3. The molecule has 2 aliphatic heterocycles. The van der Waals surface area contributed by atoms with Crippen LogP contribution < -0.4 is 10.6 Å². The van der Waals surface area contributed by atoms with Gasteiger partial charge >= 0.3 is 0 Å². The van der Waals surface area contributed by atoms with Crippen LogP contribution in [0.5, 0.6) is 0 Å². The molecule has 2 fully saturated rings. The molecule has 0 saturated carbocycles. The van der Waals surface area contributed by atoms with E-state index in [1.165, 1.54) is 0 Å². The summed E-state index contributed by atoms with van der Waals surface area (Å²) in [6, 6.07) is 0. The van der Waals surface area contributed by atoms with Gasteiger partial charge in [-0.05, 0) is 6.42 Å². The largest absolute Gasteiger partial charge is 0.340 e. The smallest absolute Gasteiger partial charge is 0.230 e. The molecule has 0 radical (unpaired) electrons. The predicted octanol–water partition coefficient (Wildman–Crippen LogP) is -1.14. The zero-order valence-corrected chi connectivity index (χ0v) is 9.70. The number of hydrogen-bond acceptors (Lipinski definition) is 4. The molecule has 1 unspecified atom stereocenters. The van der Waals surface area contributed by atoms with E-state index < -0.39 is 0 Å². The summed E-state index contributed by atoms with van der Waals surface area (Å²) in [5, 5.41) is 5.45. The van der Waals surface area contributed by atoms with E-state index in [-0.39, 0.29) is 30.1 Å². The monoisotopic (exact) mass is 239 g/mol. The summed E-state index contributed by atoms with van der Waals surface area (Å²) < 4.78 is 0. The normalized spacial score (nSPS) is 25.6.